The Morgan fingerprint density at radius 1 is 0.643 bits per heavy atom. The number of rotatable bonds is 5. The molecule has 0 spiro atoms. The van der Waals surface area contributed by atoms with Crippen LogP contribution in [0, 0.1) is 0 Å². The van der Waals surface area contributed by atoms with Gasteiger partial charge in [0.2, 0.25) is 5.75 Å². The molecule has 0 radical (unpaired) electrons. The molecule has 3 aromatic carbocycles. The predicted molar refractivity (Wildman–Crippen MR) is 112 cm³/mol. The van der Waals surface area contributed by atoms with Crippen molar-refractivity contribution in [3.63, 3.8) is 0 Å². The summed E-state index contributed by atoms with van der Waals surface area (Å²) in [6, 6.07) is 24.4. The van der Waals surface area contributed by atoms with E-state index in [2.05, 4.69) is 24.3 Å². The van der Waals surface area contributed by atoms with E-state index in [-0.39, 0.29) is 0 Å². The van der Waals surface area contributed by atoms with Crippen LogP contribution in [-0.2, 0) is 0 Å². The van der Waals surface area contributed by atoms with Gasteiger partial charge in [0.1, 0.15) is 0 Å². The summed E-state index contributed by atoms with van der Waals surface area (Å²) in [6.07, 6.45) is 0. The lowest BCUT2D eigenvalue weighted by Gasteiger charge is -2.17. The molecule has 140 valence electrons. The number of hydrogen-bond donors (Lipinski definition) is 0. The molecule has 0 bridgehead atoms. The summed E-state index contributed by atoms with van der Waals surface area (Å²) < 4.78 is 16.6. The van der Waals surface area contributed by atoms with Gasteiger partial charge in [0.05, 0.1) is 32.5 Å². The van der Waals surface area contributed by atoms with Gasteiger partial charge in [-0.05, 0) is 35.4 Å². The molecule has 0 amide bonds. The smallest absolute Gasteiger partial charge is 0.203 e. The van der Waals surface area contributed by atoms with E-state index in [0.717, 1.165) is 33.3 Å². The van der Waals surface area contributed by atoms with Gasteiger partial charge in [0.25, 0.3) is 0 Å². The predicted octanol–water partition coefficient (Wildman–Crippen LogP) is 5.59. The van der Waals surface area contributed by atoms with Crippen LogP contribution in [0.5, 0.6) is 17.2 Å². The van der Waals surface area contributed by atoms with Crippen molar-refractivity contribution < 1.29 is 14.2 Å². The third-order valence-electron chi connectivity index (χ3n) is 4.78. The van der Waals surface area contributed by atoms with E-state index < -0.39 is 0 Å². The van der Waals surface area contributed by atoms with E-state index >= 15 is 0 Å². The summed E-state index contributed by atoms with van der Waals surface area (Å²) in [5, 5.41) is 1.11. The number of aromatic nitrogens is 1. The van der Waals surface area contributed by atoms with E-state index in [9.17, 15) is 0 Å². The Hall–Kier alpha value is -3.53. The SMILES string of the molecule is COc1ccc(-c2cc(-c3ccccc3)c3ccccc3n2)c(OC)c1OC. The van der Waals surface area contributed by atoms with E-state index in [1.807, 2.05) is 48.5 Å². The number of hydrogen-bond acceptors (Lipinski definition) is 4. The Bertz CT molecular complexity index is 1120. The first-order valence-electron chi connectivity index (χ1n) is 9.01. The molecule has 0 N–H and O–H groups in total. The summed E-state index contributed by atoms with van der Waals surface area (Å²) >= 11 is 0. The molecular formula is C24H21NO3. The molecule has 0 aliphatic carbocycles. The summed E-state index contributed by atoms with van der Waals surface area (Å²) in [6.45, 7) is 0. The quantitative estimate of drug-likeness (QED) is 0.458. The van der Waals surface area contributed by atoms with Gasteiger partial charge in [-0.25, -0.2) is 4.98 Å². The van der Waals surface area contributed by atoms with Crippen molar-refractivity contribution in [2.45, 2.75) is 0 Å². The van der Waals surface area contributed by atoms with Gasteiger partial charge in [-0.15, -0.1) is 0 Å². The Morgan fingerprint density at radius 3 is 2.07 bits per heavy atom. The number of fused-ring (bicyclic) bond motifs is 1. The maximum absolute atomic E-state index is 5.68. The first kappa shape index (κ1) is 17.9. The highest BCUT2D eigenvalue weighted by atomic mass is 16.5. The molecule has 0 saturated carbocycles. The maximum atomic E-state index is 5.68. The Labute approximate surface area is 164 Å². The van der Waals surface area contributed by atoms with Crippen LogP contribution < -0.4 is 14.2 Å². The number of methoxy groups -OCH3 is 3. The van der Waals surface area contributed by atoms with E-state index in [1.54, 1.807) is 21.3 Å². The van der Waals surface area contributed by atoms with Crippen LogP contribution in [0.1, 0.15) is 0 Å². The topological polar surface area (TPSA) is 40.6 Å². The highest BCUT2D eigenvalue weighted by Crippen LogP contribution is 2.45. The highest BCUT2D eigenvalue weighted by Gasteiger charge is 2.19. The third-order valence-corrected chi connectivity index (χ3v) is 4.78. The van der Waals surface area contributed by atoms with Gasteiger partial charge in [0, 0.05) is 10.9 Å². The highest BCUT2D eigenvalue weighted by molar-refractivity contribution is 5.97. The average Bonchev–Trinajstić information content (AvgIpc) is 2.77. The second kappa shape index (κ2) is 7.61. The Morgan fingerprint density at radius 2 is 1.36 bits per heavy atom. The van der Waals surface area contributed by atoms with Gasteiger partial charge in [-0.2, -0.15) is 0 Å². The first-order valence-corrected chi connectivity index (χ1v) is 9.01. The van der Waals surface area contributed by atoms with Crippen molar-refractivity contribution >= 4 is 10.9 Å². The van der Waals surface area contributed by atoms with Crippen LogP contribution in [0.3, 0.4) is 0 Å². The van der Waals surface area contributed by atoms with E-state index in [0.29, 0.717) is 17.2 Å². The van der Waals surface area contributed by atoms with Crippen LogP contribution in [0.2, 0.25) is 0 Å². The monoisotopic (exact) mass is 371 g/mol. The van der Waals surface area contributed by atoms with Gasteiger partial charge >= 0.3 is 0 Å². The Kier molecular flexibility index (Phi) is 4.85. The molecule has 4 aromatic rings. The fourth-order valence-corrected chi connectivity index (χ4v) is 3.47. The molecule has 0 atom stereocenters. The zero-order chi connectivity index (χ0) is 19.5. The molecule has 0 saturated heterocycles. The van der Waals surface area contributed by atoms with Crippen molar-refractivity contribution in [1.29, 1.82) is 0 Å². The summed E-state index contributed by atoms with van der Waals surface area (Å²) in [7, 11) is 4.84. The van der Waals surface area contributed by atoms with E-state index in [1.165, 1.54) is 0 Å². The lowest BCUT2D eigenvalue weighted by Crippen LogP contribution is -1.98. The minimum atomic E-state index is 0.554. The zero-order valence-corrected chi connectivity index (χ0v) is 16.1. The first-order chi connectivity index (χ1) is 13.8. The normalized spacial score (nSPS) is 10.7. The minimum absolute atomic E-state index is 0.554. The number of pyridine rings is 1. The maximum Gasteiger partial charge on any atom is 0.203 e. The molecule has 0 fully saturated rings. The number of para-hydroxylation sites is 1. The van der Waals surface area contributed by atoms with Crippen molar-refractivity contribution in [1.82, 2.24) is 4.98 Å². The van der Waals surface area contributed by atoms with Gasteiger partial charge in [-0.1, -0.05) is 48.5 Å². The van der Waals surface area contributed by atoms with Crippen molar-refractivity contribution in [3.8, 4) is 39.6 Å². The lowest BCUT2D eigenvalue weighted by molar-refractivity contribution is 0.325. The van der Waals surface area contributed by atoms with Crippen LogP contribution in [0.15, 0.2) is 72.8 Å². The molecular weight excluding hydrogens is 350 g/mol. The van der Waals surface area contributed by atoms with E-state index in [4.69, 9.17) is 19.2 Å². The lowest BCUT2D eigenvalue weighted by atomic mass is 9.98. The third kappa shape index (κ3) is 3.03. The second-order valence-electron chi connectivity index (χ2n) is 6.32. The van der Waals surface area contributed by atoms with Crippen molar-refractivity contribution in [2.24, 2.45) is 0 Å². The number of benzene rings is 3. The minimum Gasteiger partial charge on any atom is -0.493 e. The van der Waals surface area contributed by atoms with Crippen molar-refractivity contribution in [2.75, 3.05) is 21.3 Å². The van der Waals surface area contributed by atoms with Crippen molar-refractivity contribution in [3.05, 3.63) is 72.8 Å². The molecule has 28 heavy (non-hydrogen) atoms. The standard InChI is InChI=1S/C24H21NO3/c1-26-22-14-13-18(23(27-2)24(22)28-3)21-15-19(16-9-5-4-6-10-16)17-11-7-8-12-20(17)25-21/h4-15H,1-3H3. The summed E-state index contributed by atoms with van der Waals surface area (Å²) in [4.78, 5) is 4.89. The van der Waals surface area contributed by atoms with Crippen LogP contribution >= 0.6 is 0 Å². The summed E-state index contributed by atoms with van der Waals surface area (Å²) in [5.41, 5.74) is 4.86. The van der Waals surface area contributed by atoms with Crippen LogP contribution in [0.25, 0.3) is 33.3 Å². The molecule has 0 aliphatic heterocycles. The number of ether oxygens (including phenoxy) is 3. The molecule has 4 heteroatoms. The van der Waals surface area contributed by atoms with Crippen LogP contribution in [-0.4, -0.2) is 26.3 Å². The summed E-state index contributed by atoms with van der Waals surface area (Å²) in [5.74, 6) is 1.77. The zero-order valence-electron chi connectivity index (χ0n) is 16.1. The molecule has 0 aliphatic rings. The largest absolute Gasteiger partial charge is 0.493 e. The molecule has 0 unspecified atom stereocenters. The molecule has 4 nitrogen and oxygen atoms in total. The fourth-order valence-electron chi connectivity index (χ4n) is 3.47. The van der Waals surface area contributed by atoms with Gasteiger partial charge in [0.15, 0.2) is 11.5 Å². The van der Waals surface area contributed by atoms with Gasteiger partial charge < -0.3 is 14.2 Å². The molecule has 4 rings (SSSR count). The second-order valence-corrected chi connectivity index (χ2v) is 6.32. The molecule has 1 heterocycles. The molecule has 1 aromatic heterocycles. The Balaban J connectivity index is 2.01. The van der Waals surface area contributed by atoms with Crippen LogP contribution in [0.4, 0.5) is 0 Å². The average molecular weight is 371 g/mol. The fraction of sp³-hybridized carbons (Fsp3) is 0.125. The number of nitrogens with zero attached hydrogens (tertiary/aromatic N) is 1. The van der Waals surface area contributed by atoms with Gasteiger partial charge in [-0.3, -0.25) is 0 Å².